The highest BCUT2D eigenvalue weighted by atomic mass is 19.1. The van der Waals surface area contributed by atoms with E-state index in [1.54, 1.807) is 22.9 Å². The van der Waals surface area contributed by atoms with Crippen LogP contribution in [0.1, 0.15) is 10.4 Å². The minimum absolute atomic E-state index is 0.0568. The van der Waals surface area contributed by atoms with Gasteiger partial charge >= 0.3 is 0 Å². The highest BCUT2D eigenvalue weighted by Crippen LogP contribution is 2.21. The summed E-state index contributed by atoms with van der Waals surface area (Å²) in [5.41, 5.74) is 5.36. The van der Waals surface area contributed by atoms with E-state index in [9.17, 15) is 14.0 Å². The summed E-state index contributed by atoms with van der Waals surface area (Å²) in [6.07, 6.45) is 0. The summed E-state index contributed by atoms with van der Waals surface area (Å²) >= 11 is 0. The van der Waals surface area contributed by atoms with E-state index in [-0.39, 0.29) is 18.0 Å². The summed E-state index contributed by atoms with van der Waals surface area (Å²) in [5.74, 6) is -1.58. The first-order chi connectivity index (χ1) is 10.0. The lowest BCUT2D eigenvalue weighted by Gasteiger charge is -2.30. The third-order valence-electron chi connectivity index (χ3n) is 3.49. The van der Waals surface area contributed by atoms with Gasteiger partial charge in [0.1, 0.15) is 5.82 Å². The molecule has 0 saturated carbocycles. The number of amides is 2. The van der Waals surface area contributed by atoms with E-state index in [4.69, 9.17) is 5.73 Å². The highest BCUT2D eigenvalue weighted by Gasteiger charge is 2.21. The van der Waals surface area contributed by atoms with E-state index in [0.717, 1.165) is 13.1 Å². The molecule has 1 saturated heterocycles. The van der Waals surface area contributed by atoms with E-state index in [2.05, 4.69) is 5.32 Å². The van der Waals surface area contributed by atoms with E-state index in [0.29, 0.717) is 18.8 Å². The molecule has 1 aliphatic heterocycles. The maximum absolute atomic E-state index is 13.7. The average Bonchev–Trinajstić information content (AvgIpc) is 2.47. The Hall–Kier alpha value is -2.15. The lowest BCUT2D eigenvalue weighted by atomic mass is 10.1. The number of hydrogen-bond donors (Lipinski definition) is 2. The molecule has 6 nitrogen and oxygen atoms in total. The van der Waals surface area contributed by atoms with E-state index < -0.39 is 11.7 Å². The molecule has 1 heterocycles. The molecule has 7 heteroatoms. The van der Waals surface area contributed by atoms with Gasteiger partial charge in [0.15, 0.2) is 0 Å². The number of piperazine rings is 1. The van der Waals surface area contributed by atoms with Gasteiger partial charge in [0, 0.05) is 33.2 Å². The van der Waals surface area contributed by atoms with Crippen LogP contribution in [0.5, 0.6) is 0 Å². The summed E-state index contributed by atoms with van der Waals surface area (Å²) in [5, 5.41) is 3.17. The maximum Gasteiger partial charge on any atom is 0.253 e. The van der Waals surface area contributed by atoms with Gasteiger partial charge < -0.3 is 20.9 Å². The highest BCUT2D eigenvalue weighted by molar-refractivity contribution is 5.99. The number of carbonyl (C=O) groups is 2. The summed E-state index contributed by atoms with van der Waals surface area (Å²) < 4.78 is 13.7. The quantitative estimate of drug-likeness (QED) is 0.805. The van der Waals surface area contributed by atoms with Crippen LogP contribution in [0.25, 0.3) is 0 Å². The predicted octanol–water partition coefficient (Wildman–Crippen LogP) is -0.207. The second-order valence-corrected chi connectivity index (χ2v) is 4.99. The Kier molecular flexibility index (Phi) is 4.74. The maximum atomic E-state index is 13.7. The van der Waals surface area contributed by atoms with Crippen molar-refractivity contribution in [2.24, 2.45) is 5.73 Å². The van der Waals surface area contributed by atoms with Crippen molar-refractivity contribution in [3.05, 3.63) is 29.6 Å². The number of nitrogens with two attached hydrogens (primary N) is 1. The van der Waals surface area contributed by atoms with Gasteiger partial charge in [0.05, 0.1) is 17.8 Å². The summed E-state index contributed by atoms with van der Waals surface area (Å²) in [7, 11) is 1.64. The van der Waals surface area contributed by atoms with Crippen molar-refractivity contribution in [2.45, 2.75) is 0 Å². The average molecular weight is 294 g/mol. The van der Waals surface area contributed by atoms with Gasteiger partial charge in [-0.05, 0) is 12.1 Å². The molecule has 1 fully saturated rings. The fourth-order valence-electron chi connectivity index (χ4n) is 2.38. The van der Waals surface area contributed by atoms with Crippen molar-refractivity contribution >= 4 is 17.5 Å². The van der Waals surface area contributed by atoms with Crippen LogP contribution >= 0.6 is 0 Å². The largest absolute Gasteiger partial charge is 0.365 e. The Morgan fingerprint density at radius 2 is 2.05 bits per heavy atom. The second-order valence-electron chi connectivity index (χ2n) is 4.99. The molecule has 2 amide bonds. The minimum Gasteiger partial charge on any atom is -0.365 e. The van der Waals surface area contributed by atoms with Crippen molar-refractivity contribution in [1.82, 2.24) is 10.2 Å². The van der Waals surface area contributed by atoms with E-state index in [1.807, 2.05) is 0 Å². The molecule has 0 aromatic heterocycles. The van der Waals surface area contributed by atoms with Gasteiger partial charge in [-0.3, -0.25) is 9.59 Å². The van der Waals surface area contributed by atoms with Crippen molar-refractivity contribution in [3.63, 3.8) is 0 Å². The number of benzene rings is 1. The molecule has 3 N–H and O–H groups in total. The first kappa shape index (κ1) is 15.2. The van der Waals surface area contributed by atoms with Crippen molar-refractivity contribution in [3.8, 4) is 0 Å². The van der Waals surface area contributed by atoms with Crippen LogP contribution in [0.4, 0.5) is 10.1 Å². The lowest BCUT2D eigenvalue weighted by molar-refractivity contribution is -0.130. The summed E-state index contributed by atoms with van der Waals surface area (Å²) in [6, 6.07) is 4.24. The zero-order valence-electron chi connectivity index (χ0n) is 11.9. The van der Waals surface area contributed by atoms with Crippen LogP contribution in [0.15, 0.2) is 18.2 Å². The third-order valence-corrected chi connectivity index (χ3v) is 3.49. The fourth-order valence-corrected chi connectivity index (χ4v) is 2.38. The van der Waals surface area contributed by atoms with Gasteiger partial charge in [0.25, 0.3) is 5.91 Å². The Morgan fingerprint density at radius 3 is 2.67 bits per heavy atom. The smallest absolute Gasteiger partial charge is 0.253 e. The molecule has 1 aliphatic rings. The Balaban J connectivity index is 2.13. The number of likely N-dealkylation sites (N-methyl/N-ethyl adjacent to an activating group) is 1. The van der Waals surface area contributed by atoms with Gasteiger partial charge in [-0.2, -0.15) is 0 Å². The number of hydrogen-bond acceptors (Lipinski definition) is 4. The van der Waals surface area contributed by atoms with Gasteiger partial charge in [-0.25, -0.2) is 4.39 Å². The third kappa shape index (κ3) is 3.49. The number of anilines is 1. The molecule has 0 unspecified atom stereocenters. The van der Waals surface area contributed by atoms with Crippen LogP contribution in [0.2, 0.25) is 0 Å². The number of rotatable bonds is 4. The molecule has 0 atom stereocenters. The standard InChI is InChI=1S/C14H19FN4O2/c1-18(9-12(20)19-7-5-17-6-8-19)11-4-2-3-10(15)13(11)14(16)21/h2-4,17H,5-9H2,1H3,(H2,16,21). The number of halogens is 1. The van der Waals surface area contributed by atoms with Crippen LogP contribution in [-0.4, -0.2) is 56.5 Å². The SMILES string of the molecule is CN(CC(=O)N1CCNCC1)c1cccc(F)c1C(N)=O. The van der Waals surface area contributed by atoms with E-state index >= 15 is 0 Å². The molecule has 0 aliphatic carbocycles. The molecule has 1 aromatic rings. The number of primary amides is 1. The molecule has 0 radical (unpaired) electrons. The Morgan fingerprint density at radius 1 is 1.38 bits per heavy atom. The van der Waals surface area contributed by atoms with Gasteiger partial charge in [-0.15, -0.1) is 0 Å². The zero-order chi connectivity index (χ0) is 15.4. The molecule has 2 rings (SSSR count). The first-order valence-corrected chi connectivity index (χ1v) is 6.78. The fraction of sp³-hybridized carbons (Fsp3) is 0.429. The van der Waals surface area contributed by atoms with Crippen LogP contribution < -0.4 is 16.0 Å². The summed E-state index contributed by atoms with van der Waals surface area (Å²) in [6.45, 7) is 2.91. The first-order valence-electron chi connectivity index (χ1n) is 6.78. The molecule has 21 heavy (non-hydrogen) atoms. The lowest BCUT2D eigenvalue weighted by Crippen LogP contribution is -2.49. The van der Waals surface area contributed by atoms with Crippen molar-refractivity contribution in [2.75, 3.05) is 44.7 Å². The summed E-state index contributed by atoms with van der Waals surface area (Å²) in [4.78, 5) is 26.9. The Bertz CT molecular complexity index is 544. The topological polar surface area (TPSA) is 78.7 Å². The monoisotopic (exact) mass is 294 g/mol. The van der Waals surface area contributed by atoms with Gasteiger partial charge in [-0.1, -0.05) is 6.07 Å². The minimum atomic E-state index is -0.843. The van der Waals surface area contributed by atoms with Crippen molar-refractivity contribution < 1.29 is 14.0 Å². The Labute approximate surface area is 122 Å². The van der Waals surface area contributed by atoms with Crippen LogP contribution in [-0.2, 0) is 4.79 Å². The van der Waals surface area contributed by atoms with Gasteiger partial charge in [0.2, 0.25) is 5.91 Å². The number of carbonyl (C=O) groups excluding carboxylic acids is 2. The normalized spacial score (nSPS) is 14.9. The van der Waals surface area contributed by atoms with Crippen LogP contribution in [0, 0.1) is 5.82 Å². The van der Waals surface area contributed by atoms with E-state index in [1.165, 1.54) is 12.1 Å². The second kappa shape index (κ2) is 6.53. The molecular weight excluding hydrogens is 275 g/mol. The molecular formula is C14H19FN4O2. The molecule has 114 valence electrons. The van der Waals surface area contributed by atoms with Crippen LogP contribution in [0.3, 0.4) is 0 Å². The predicted molar refractivity (Wildman–Crippen MR) is 77.6 cm³/mol. The number of nitrogens with zero attached hydrogens (tertiary/aromatic N) is 2. The van der Waals surface area contributed by atoms with Crippen molar-refractivity contribution in [1.29, 1.82) is 0 Å². The molecule has 0 spiro atoms. The molecule has 0 bridgehead atoms. The zero-order valence-corrected chi connectivity index (χ0v) is 11.9. The molecule has 1 aromatic carbocycles. The number of nitrogens with one attached hydrogen (secondary N) is 1.